The molecule has 3 nitrogen and oxygen atoms in total. The number of carbonyl (C=O) groups excluding carboxylic acids is 1. The number of benzene rings is 2. The monoisotopic (exact) mass is 318 g/mol. The largest absolute Gasteiger partial charge is 0.280 e. The van der Waals surface area contributed by atoms with Crippen LogP contribution in [0.1, 0.15) is 18.1 Å². The van der Waals surface area contributed by atoms with Crippen molar-refractivity contribution in [1.82, 2.24) is 4.98 Å². The Morgan fingerprint density at radius 1 is 0.957 bits per heavy atom. The number of thioether (sulfide) groups is 1. The molecule has 1 aliphatic heterocycles. The van der Waals surface area contributed by atoms with Gasteiger partial charge in [-0.05, 0) is 47.2 Å². The van der Waals surface area contributed by atoms with E-state index >= 15 is 0 Å². The first-order valence-electron chi connectivity index (χ1n) is 7.39. The number of aliphatic imine (C=N–C) groups is 1. The topological polar surface area (TPSA) is 42.3 Å². The van der Waals surface area contributed by atoms with Crippen molar-refractivity contribution in [3.8, 4) is 0 Å². The molecule has 1 atom stereocenters. The Labute approximate surface area is 138 Å². The van der Waals surface area contributed by atoms with Gasteiger partial charge in [0.05, 0.1) is 0 Å². The molecule has 1 aliphatic rings. The van der Waals surface area contributed by atoms with Crippen LogP contribution in [0.3, 0.4) is 0 Å². The summed E-state index contributed by atoms with van der Waals surface area (Å²) >= 11 is 1.28. The predicted octanol–water partition coefficient (Wildman–Crippen LogP) is 4.17. The lowest BCUT2D eigenvalue weighted by Crippen LogP contribution is -2.12. The van der Waals surface area contributed by atoms with E-state index in [0.717, 1.165) is 21.9 Å². The van der Waals surface area contributed by atoms with Crippen molar-refractivity contribution in [2.75, 3.05) is 0 Å². The van der Waals surface area contributed by atoms with Crippen LogP contribution in [0, 0.1) is 0 Å². The normalized spacial score (nSPS) is 20.7. The van der Waals surface area contributed by atoms with Crippen LogP contribution in [-0.4, -0.2) is 15.8 Å². The highest BCUT2D eigenvalue weighted by molar-refractivity contribution is 8.16. The van der Waals surface area contributed by atoms with Crippen LogP contribution in [0.25, 0.3) is 10.8 Å². The molecule has 4 rings (SSSR count). The fraction of sp³-hybridized carbons (Fsp3) is 0.105. The predicted molar refractivity (Wildman–Crippen MR) is 94.7 cm³/mol. The SMILES string of the molecule is CC1(c2cccc3ccccc23)N=C(c2ccncc2)C(=O)S1. The van der Waals surface area contributed by atoms with Gasteiger partial charge in [-0.25, -0.2) is 0 Å². The standard InChI is InChI=1S/C19H14N2OS/c1-19(16-8-4-6-13-5-2-3-7-15(13)16)21-17(18(22)23-19)14-9-11-20-12-10-14/h2-12H,1H3. The summed E-state index contributed by atoms with van der Waals surface area (Å²) in [5.41, 5.74) is 2.41. The molecular weight excluding hydrogens is 304 g/mol. The molecule has 0 aliphatic carbocycles. The number of rotatable bonds is 2. The first-order valence-corrected chi connectivity index (χ1v) is 8.21. The van der Waals surface area contributed by atoms with E-state index in [9.17, 15) is 4.79 Å². The summed E-state index contributed by atoms with van der Waals surface area (Å²) in [6.45, 7) is 2.01. The highest BCUT2D eigenvalue weighted by Gasteiger charge is 2.39. The first kappa shape index (κ1) is 14.2. The van der Waals surface area contributed by atoms with E-state index in [4.69, 9.17) is 4.99 Å². The highest BCUT2D eigenvalue weighted by atomic mass is 32.2. The Hall–Kier alpha value is -2.46. The van der Waals surface area contributed by atoms with Gasteiger partial charge in [-0.1, -0.05) is 42.5 Å². The number of aromatic nitrogens is 1. The minimum atomic E-state index is -0.601. The molecule has 2 aromatic carbocycles. The second kappa shape index (κ2) is 5.32. The third-order valence-electron chi connectivity index (χ3n) is 4.05. The van der Waals surface area contributed by atoms with Gasteiger partial charge in [0.2, 0.25) is 5.12 Å². The van der Waals surface area contributed by atoms with E-state index in [2.05, 4.69) is 29.2 Å². The smallest absolute Gasteiger partial charge is 0.240 e. The summed E-state index contributed by atoms with van der Waals surface area (Å²) in [5, 5.41) is 2.30. The molecule has 2 heterocycles. The van der Waals surface area contributed by atoms with E-state index in [1.807, 2.05) is 37.3 Å². The van der Waals surface area contributed by atoms with E-state index < -0.39 is 4.87 Å². The molecule has 3 aromatic rings. The Kier molecular flexibility index (Phi) is 3.27. The van der Waals surface area contributed by atoms with Gasteiger partial charge in [0.1, 0.15) is 10.6 Å². The van der Waals surface area contributed by atoms with Crippen molar-refractivity contribution in [1.29, 1.82) is 0 Å². The molecule has 1 unspecified atom stereocenters. The first-order chi connectivity index (χ1) is 11.2. The van der Waals surface area contributed by atoms with Gasteiger partial charge in [-0.2, -0.15) is 0 Å². The number of carbonyl (C=O) groups is 1. The van der Waals surface area contributed by atoms with Crippen LogP contribution in [-0.2, 0) is 9.67 Å². The molecule has 0 bridgehead atoms. The number of nitrogens with zero attached hydrogens (tertiary/aromatic N) is 2. The minimum absolute atomic E-state index is 0.00614. The number of hydrogen-bond donors (Lipinski definition) is 0. The van der Waals surface area contributed by atoms with Crippen LogP contribution >= 0.6 is 11.8 Å². The van der Waals surface area contributed by atoms with Crippen LogP contribution in [0.2, 0.25) is 0 Å². The fourth-order valence-electron chi connectivity index (χ4n) is 2.95. The average molecular weight is 318 g/mol. The maximum absolute atomic E-state index is 12.5. The van der Waals surface area contributed by atoms with Gasteiger partial charge in [0.25, 0.3) is 0 Å². The summed E-state index contributed by atoms with van der Waals surface area (Å²) in [4.78, 5) is 20.7. The van der Waals surface area contributed by atoms with Gasteiger partial charge < -0.3 is 0 Å². The molecule has 0 saturated carbocycles. The quantitative estimate of drug-likeness (QED) is 0.712. The van der Waals surface area contributed by atoms with E-state index in [1.54, 1.807) is 12.4 Å². The molecule has 0 amide bonds. The van der Waals surface area contributed by atoms with Gasteiger partial charge in [0, 0.05) is 18.0 Å². The van der Waals surface area contributed by atoms with Crippen LogP contribution < -0.4 is 0 Å². The zero-order chi connectivity index (χ0) is 15.9. The second-order valence-corrected chi connectivity index (χ2v) is 6.97. The summed E-state index contributed by atoms with van der Waals surface area (Å²) < 4.78 is 0. The highest BCUT2D eigenvalue weighted by Crippen LogP contribution is 2.46. The van der Waals surface area contributed by atoms with E-state index in [-0.39, 0.29) is 5.12 Å². The van der Waals surface area contributed by atoms with Gasteiger partial charge >= 0.3 is 0 Å². The molecule has 112 valence electrons. The molecule has 0 fully saturated rings. The molecule has 1 aromatic heterocycles. The van der Waals surface area contributed by atoms with Crippen molar-refractivity contribution in [3.05, 3.63) is 78.1 Å². The van der Waals surface area contributed by atoms with Crippen LogP contribution in [0.15, 0.2) is 72.0 Å². The molecule has 0 spiro atoms. The van der Waals surface area contributed by atoms with Gasteiger partial charge in [0.15, 0.2) is 0 Å². The lowest BCUT2D eigenvalue weighted by Gasteiger charge is -2.21. The average Bonchev–Trinajstić information content (AvgIpc) is 2.91. The Bertz CT molecular complexity index is 931. The maximum Gasteiger partial charge on any atom is 0.240 e. The lowest BCUT2D eigenvalue weighted by molar-refractivity contribution is -0.105. The third kappa shape index (κ3) is 2.35. The summed E-state index contributed by atoms with van der Waals surface area (Å²) in [6, 6.07) is 18.0. The van der Waals surface area contributed by atoms with E-state index in [0.29, 0.717) is 5.71 Å². The van der Waals surface area contributed by atoms with Gasteiger partial charge in [-0.15, -0.1) is 0 Å². The third-order valence-corrected chi connectivity index (χ3v) is 5.14. The van der Waals surface area contributed by atoms with Crippen molar-refractivity contribution in [3.63, 3.8) is 0 Å². The van der Waals surface area contributed by atoms with Crippen molar-refractivity contribution in [2.24, 2.45) is 4.99 Å². The lowest BCUT2D eigenvalue weighted by atomic mass is 9.99. The number of hydrogen-bond acceptors (Lipinski definition) is 4. The molecule has 4 heteroatoms. The van der Waals surface area contributed by atoms with Crippen molar-refractivity contribution in [2.45, 2.75) is 11.8 Å². The number of pyridine rings is 1. The Morgan fingerprint density at radius 3 is 2.52 bits per heavy atom. The van der Waals surface area contributed by atoms with Crippen LogP contribution in [0.4, 0.5) is 0 Å². The summed E-state index contributed by atoms with van der Waals surface area (Å²) in [6.07, 6.45) is 3.37. The zero-order valence-electron chi connectivity index (χ0n) is 12.6. The molecule has 0 N–H and O–H groups in total. The Balaban J connectivity index is 1.88. The molecule has 0 saturated heterocycles. The van der Waals surface area contributed by atoms with Crippen molar-refractivity contribution < 1.29 is 4.79 Å². The second-order valence-electron chi connectivity index (χ2n) is 5.60. The Morgan fingerprint density at radius 2 is 1.70 bits per heavy atom. The van der Waals surface area contributed by atoms with Crippen molar-refractivity contribution >= 4 is 33.4 Å². The fourth-order valence-corrected chi connectivity index (χ4v) is 3.99. The summed E-state index contributed by atoms with van der Waals surface area (Å²) in [5.74, 6) is 0. The molecule has 0 radical (unpaired) electrons. The maximum atomic E-state index is 12.5. The molecule has 23 heavy (non-hydrogen) atoms. The van der Waals surface area contributed by atoms with Gasteiger partial charge in [-0.3, -0.25) is 14.8 Å². The van der Waals surface area contributed by atoms with Crippen LogP contribution in [0.5, 0.6) is 0 Å². The number of fused-ring (bicyclic) bond motifs is 1. The van der Waals surface area contributed by atoms with E-state index in [1.165, 1.54) is 11.8 Å². The zero-order valence-corrected chi connectivity index (χ0v) is 13.4. The molecular formula is C19H14N2OS. The summed E-state index contributed by atoms with van der Waals surface area (Å²) in [7, 11) is 0. The minimum Gasteiger partial charge on any atom is -0.280 e.